The number of aromatic nitrogens is 2. The van der Waals surface area contributed by atoms with E-state index in [4.69, 9.17) is 0 Å². The van der Waals surface area contributed by atoms with Crippen molar-refractivity contribution in [2.45, 2.75) is 6.54 Å². The molecule has 25 heavy (non-hydrogen) atoms. The van der Waals surface area contributed by atoms with E-state index in [9.17, 15) is 0 Å². The Bertz CT molecular complexity index is 1260. The lowest BCUT2D eigenvalue weighted by molar-refractivity contribution is -0.645. The van der Waals surface area contributed by atoms with Gasteiger partial charge in [-0.15, -0.1) is 0 Å². The fraction of sp³-hybridized carbons (Fsp3) is 0.0455. The Morgan fingerprint density at radius 2 is 1.56 bits per heavy atom. The fourth-order valence-electron chi connectivity index (χ4n) is 4.04. The standard InChI is InChI=1S/C22H15N2S/c1-2-9-16(10-3-1)24-21-17-11-5-4-8-15(17)14-23(21)20-18-12-6-7-13-19(18)25-22(20)24/h1-13H,14H2/q+1. The van der Waals surface area contributed by atoms with Crippen LogP contribution in [-0.4, -0.2) is 4.57 Å². The van der Waals surface area contributed by atoms with E-state index < -0.39 is 0 Å². The second kappa shape index (κ2) is 4.80. The average Bonchev–Trinajstić information content (AvgIpc) is 3.29. The molecule has 0 atom stereocenters. The molecular formula is C22H15N2S+. The van der Waals surface area contributed by atoms with Crippen LogP contribution in [0, 0.1) is 0 Å². The summed E-state index contributed by atoms with van der Waals surface area (Å²) in [4.78, 5) is 1.33. The van der Waals surface area contributed by atoms with Crippen molar-refractivity contribution in [3.63, 3.8) is 0 Å². The van der Waals surface area contributed by atoms with Crippen LogP contribution in [0.4, 0.5) is 0 Å². The van der Waals surface area contributed by atoms with Gasteiger partial charge in [-0.3, -0.25) is 0 Å². The van der Waals surface area contributed by atoms with E-state index >= 15 is 0 Å². The predicted molar refractivity (Wildman–Crippen MR) is 103 cm³/mol. The van der Waals surface area contributed by atoms with E-state index in [1.54, 1.807) is 0 Å². The highest BCUT2D eigenvalue weighted by Gasteiger charge is 2.36. The molecule has 2 aromatic heterocycles. The first-order valence-electron chi connectivity index (χ1n) is 8.51. The summed E-state index contributed by atoms with van der Waals surface area (Å²) in [6, 6.07) is 28.2. The zero-order valence-electron chi connectivity index (χ0n) is 13.5. The third kappa shape index (κ3) is 1.71. The first kappa shape index (κ1) is 13.4. The van der Waals surface area contributed by atoms with Crippen LogP contribution in [0.2, 0.25) is 0 Å². The van der Waals surface area contributed by atoms with Gasteiger partial charge in [0.2, 0.25) is 4.83 Å². The molecule has 1 aliphatic rings. The fourth-order valence-corrected chi connectivity index (χ4v) is 5.27. The maximum Gasteiger partial charge on any atom is 0.296 e. The maximum atomic E-state index is 2.49. The molecule has 118 valence electrons. The number of fused-ring (bicyclic) bond motifs is 7. The number of nitrogens with zero attached hydrogens (tertiary/aromatic N) is 2. The molecule has 0 saturated carbocycles. The minimum Gasteiger partial charge on any atom is -0.217 e. The van der Waals surface area contributed by atoms with Crippen molar-refractivity contribution in [2.24, 2.45) is 0 Å². The van der Waals surface area contributed by atoms with Crippen LogP contribution in [0.5, 0.6) is 0 Å². The van der Waals surface area contributed by atoms with E-state index in [-0.39, 0.29) is 0 Å². The Balaban J connectivity index is 1.83. The summed E-state index contributed by atoms with van der Waals surface area (Å²) in [6.45, 7) is 0.947. The van der Waals surface area contributed by atoms with Crippen molar-refractivity contribution in [1.29, 1.82) is 0 Å². The van der Waals surface area contributed by atoms with Gasteiger partial charge in [-0.25, -0.2) is 4.57 Å². The van der Waals surface area contributed by atoms with Gasteiger partial charge in [0.05, 0.1) is 5.56 Å². The minimum absolute atomic E-state index is 0.947. The topological polar surface area (TPSA) is 8.81 Å². The first-order valence-corrected chi connectivity index (χ1v) is 9.33. The van der Waals surface area contributed by atoms with Gasteiger partial charge in [-0.1, -0.05) is 59.9 Å². The minimum atomic E-state index is 0.947. The Kier molecular flexibility index (Phi) is 2.57. The van der Waals surface area contributed by atoms with Gasteiger partial charge in [0, 0.05) is 15.6 Å². The van der Waals surface area contributed by atoms with Gasteiger partial charge in [0.1, 0.15) is 12.2 Å². The molecule has 0 unspecified atom stereocenters. The molecule has 3 heterocycles. The molecule has 0 N–H and O–H groups in total. The van der Waals surface area contributed by atoms with Gasteiger partial charge >= 0.3 is 0 Å². The second-order valence-corrected chi connectivity index (χ2v) is 7.52. The van der Waals surface area contributed by atoms with Gasteiger partial charge in [0.25, 0.3) is 5.82 Å². The Morgan fingerprint density at radius 3 is 2.48 bits per heavy atom. The number of hydrogen-bond acceptors (Lipinski definition) is 1. The number of rotatable bonds is 1. The smallest absolute Gasteiger partial charge is 0.217 e. The number of para-hydroxylation sites is 1. The zero-order valence-corrected chi connectivity index (χ0v) is 14.3. The van der Waals surface area contributed by atoms with E-state index in [0.29, 0.717) is 0 Å². The van der Waals surface area contributed by atoms with Gasteiger partial charge in [-0.2, -0.15) is 4.57 Å². The molecule has 3 aromatic carbocycles. The van der Waals surface area contributed by atoms with Crippen LogP contribution in [0.3, 0.4) is 0 Å². The summed E-state index contributed by atoms with van der Waals surface area (Å²) in [7, 11) is 0. The van der Waals surface area contributed by atoms with E-state index in [1.807, 2.05) is 11.3 Å². The zero-order chi connectivity index (χ0) is 16.4. The molecule has 2 nitrogen and oxygen atoms in total. The second-order valence-electron chi connectivity index (χ2n) is 6.49. The third-order valence-corrected chi connectivity index (χ3v) is 6.24. The Labute approximate surface area is 149 Å². The molecular weight excluding hydrogens is 324 g/mol. The van der Waals surface area contributed by atoms with Crippen molar-refractivity contribution < 1.29 is 4.57 Å². The van der Waals surface area contributed by atoms with Crippen LogP contribution < -0.4 is 4.57 Å². The highest BCUT2D eigenvalue weighted by Crippen LogP contribution is 2.40. The lowest BCUT2D eigenvalue weighted by Crippen LogP contribution is -2.31. The quantitative estimate of drug-likeness (QED) is 0.366. The van der Waals surface area contributed by atoms with Gasteiger partial charge in [-0.05, 0) is 30.3 Å². The third-order valence-electron chi connectivity index (χ3n) is 5.09. The Hall–Kier alpha value is -2.91. The molecule has 0 fully saturated rings. The summed E-state index contributed by atoms with van der Waals surface area (Å²) in [5.41, 5.74) is 5.33. The molecule has 0 amide bonds. The molecule has 0 aliphatic carbocycles. The van der Waals surface area contributed by atoms with Gasteiger partial charge in [0.15, 0.2) is 5.52 Å². The molecule has 3 heteroatoms. The number of imidazole rings is 1. The first-order chi connectivity index (χ1) is 12.4. The molecule has 0 spiro atoms. The molecule has 0 bridgehead atoms. The van der Waals surface area contributed by atoms with Crippen molar-refractivity contribution >= 4 is 31.8 Å². The summed E-state index contributed by atoms with van der Waals surface area (Å²) < 4.78 is 6.28. The summed E-state index contributed by atoms with van der Waals surface area (Å²) in [6.07, 6.45) is 0. The number of thiophene rings is 1. The number of benzene rings is 3. The maximum absolute atomic E-state index is 2.49. The van der Waals surface area contributed by atoms with Crippen LogP contribution in [0.1, 0.15) is 5.56 Å². The lowest BCUT2D eigenvalue weighted by atomic mass is 10.1. The normalized spacial score (nSPS) is 12.6. The highest BCUT2D eigenvalue weighted by atomic mass is 32.1. The summed E-state index contributed by atoms with van der Waals surface area (Å²) in [5.74, 6) is 1.30. The SMILES string of the molecule is c1ccc(-n2c3[n+](c4c5ccccc5sc42)Cc2ccccc2-3)cc1. The summed E-state index contributed by atoms with van der Waals surface area (Å²) >= 11 is 1.88. The van der Waals surface area contributed by atoms with Crippen LogP contribution >= 0.6 is 11.3 Å². The monoisotopic (exact) mass is 339 g/mol. The van der Waals surface area contributed by atoms with E-state index in [0.717, 1.165) is 6.54 Å². The van der Waals surface area contributed by atoms with Crippen molar-refractivity contribution in [3.8, 4) is 17.1 Å². The van der Waals surface area contributed by atoms with Crippen LogP contribution in [0.15, 0.2) is 78.9 Å². The molecule has 1 aliphatic heterocycles. The highest BCUT2D eigenvalue weighted by molar-refractivity contribution is 7.25. The van der Waals surface area contributed by atoms with E-state index in [2.05, 4.69) is 88.0 Å². The average molecular weight is 339 g/mol. The lowest BCUT2D eigenvalue weighted by Gasteiger charge is -2.00. The van der Waals surface area contributed by atoms with Crippen molar-refractivity contribution in [3.05, 3.63) is 84.4 Å². The number of hydrogen-bond donors (Lipinski definition) is 0. The summed E-state index contributed by atoms with van der Waals surface area (Å²) in [5, 5.41) is 1.35. The molecule has 0 saturated heterocycles. The molecule has 0 radical (unpaired) electrons. The van der Waals surface area contributed by atoms with Crippen molar-refractivity contribution in [2.75, 3.05) is 0 Å². The Morgan fingerprint density at radius 1 is 0.800 bits per heavy atom. The molecule has 6 rings (SSSR count). The van der Waals surface area contributed by atoms with Crippen LogP contribution in [0.25, 0.3) is 37.5 Å². The molecule has 5 aromatic rings. The largest absolute Gasteiger partial charge is 0.296 e. The van der Waals surface area contributed by atoms with Gasteiger partial charge < -0.3 is 0 Å². The van der Waals surface area contributed by atoms with E-state index in [1.165, 1.54) is 43.1 Å². The van der Waals surface area contributed by atoms with Crippen LogP contribution in [-0.2, 0) is 6.54 Å². The van der Waals surface area contributed by atoms with Crippen molar-refractivity contribution in [1.82, 2.24) is 4.57 Å². The predicted octanol–water partition coefficient (Wildman–Crippen LogP) is 5.16.